The van der Waals surface area contributed by atoms with E-state index in [-0.39, 0.29) is 5.54 Å². The Morgan fingerprint density at radius 2 is 1.80 bits per heavy atom. The molecule has 0 radical (unpaired) electrons. The number of rotatable bonds is 9. The quantitative estimate of drug-likeness (QED) is 0.670. The van der Waals surface area contributed by atoms with E-state index >= 15 is 0 Å². The minimum atomic E-state index is 0.0963. The maximum atomic E-state index is 6.21. The van der Waals surface area contributed by atoms with Gasteiger partial charge in [-0.05, 0) is 26.2 Å². The molecule has 5 heteroatoms. The Morgan fingerprint density at radius 1 is 1.20 bits per heavy atom. The molecular weight excluding hydrogens is 254 g/mol. The van der Waals surface area contributed by atoms with Crippen molar-refractivity contribution in [3.63, 3.8) is 0 Å². The van der Waals surface area contributed by atoms with Crippen molar-refractivity contribution < 1.29 is 9.47 Å². The number of hydrogen-bond acceptors (Lipinski definition) is 5. The van der Waals surface area contributed by atoms with Crippen molar-refractivity contribution in [2.24, 2.45) is 5.73 Å². The zero-order valence-corrected chi connectivity index (χ0v) is 13.3. The van der Waals surface area contributed by atoms with Gasteiger partial charge in [-0.2, -0.15) is 0 Å². The predicted molar refractivity (Wildman–Crippen MR) is 80.9 cm³/mol. The summed E-state index contributed by atoms with van der Waals surface area (Å²) < 4.78 is 10.6. The second-order valence-electron chi connectivity index (χ2n) is 6.36. The fourth-order valence-corrected chi connectivity index (χ4v) is 3.62. The van der Waals surface area contributed by atoms with Crippen LogP contribution in [0.4, 0.5) is 0 Å². The van der Waals surface area contributed by atoms with E-state index in [1.165, 1.54) is 12.8 Å². The van der Waals surface area contributed by atoms with Crippen molar-refractivity contribution in [3.8, 4) is 0 Å². The molecule has 1 aliphatic heterocycles. The molecule has 20 heavy (non-hydrogen) atoms. The van der Waals surface area contributed by atoms with E-state index in [9.17, 15) is 0 Å². The minimum absolute atomic E-state index is 0.0963. The molecule has 0 aromatic carbocycles. The maximum absolute atomic E-state index is 6.21. The van der Waals surface area contributed by atoms with Gasteiger partial charge in [-0.25, -0.2) is 0 Å². The fourth-order valence-electron chi connectivity index (χ4n) is 3.62. The number of nitrogens with zero attached hydrogens (tertiary/aromatic N) is 2. The second-order valence-corrected chi connectivity index (χ2v) is 6.36. The Morgan fingerprint density at radius 3 is 2.25 bits per heavy atom. The van der Waals surface area contributed by atoms with Crippen molar-refractivity contribution in [2.75, 3.05) is 53.6 Å². The van der Waals surface area contributed by atoms with E-state index in [2.05, 4.69) is 16.7 Å². The first kappa shape index (κ1) is 16.2. The summed E-state index contributed by atoms with van der Waals surface area (Å²) in [7, 11) is 3.52. The Hall–Kier alpha value is -0.200. The van der Waals surface area contributed by atoms with Gasteiger partial charge < -0.3 is 15.2 Å². The third-order valence-corrected chi connectivity index (χ3v) is 4.92. The summed E-state index contributed by atoms with van der Waals surface area (Å²) in [4.78, 5) is 5.17. The van der Waals surface area contributed by atoms with Gasteiger partial charge in [-0.1, -0.05) is 0 Å². The van der Waals surface area contributed by atoms with Gasteiger partial charge in [0.05, 0.1) is 13.2 Å². The monoisotopic (exact) mass is 285 g/mol. The molecule has 1 saturated carbocycles. The van der Waals surface area contributed by atoms with Crippen LogP contribution in [0, 0.1) is 0 Å². The van der Waals surface area contributed by atoms with Crippen LogP contribution in [0.2, 0.25) is 0 Å². The highest BCUT2D eigenvalue weighted by atomic mass is 16.5. The average molecular weight is 285 g/mol. The Kier molecular flexibility index (Phi) is 5.81. The molecular formula is C15H31N3O2. The summed E-state index contributed by atoms with van der Waals surface area (Å²) in [5.41, 5.74) is 6.30. The Balaban J connectivity index is 2.05. The molecule has 0 bridgehead atoms. The largest absolute Gasteiger partial charge is 0.383 e. The van der Waals surface area contributed by atoms with Gasteiger partial charge in [0.2, 0.25) is 0 Å². The van der Waals surface area contributed by atoms with E-state index in [1.807, 2.05) is 0 Å². The van der Waals surface area contributed by atoms with Crippen molar-refractivity contribution in [3.05, 3.63) is 0 Å². The summed E-state index contributed by atoms with van der Waals surface area (Å²) in [6, 6.07) is 1.45. The Bertz CT molecular complexity index is 291. The first-order valence-corrected chi connectivity index (χ1v) is 7.85. The number of likely N-dealkylation sites (tertiary alicyclic amines) is 1. The molecule has 0 spiro atoms. The molecule has 1 saturated heterocycles. The lowest BCUT2D eigenvalue weighted by Crippen LogP contribution is -2.57. The van der Waals surface area contributed by atoms with Crippen molar-refractivity contribution in [2.45, 2.75) is 43.8 Å². The van der Waals surface area contributed by atoms with Crippen molar-refractivity contribution >= 4 is 0 Å². The lowest BCUT2D eigenvalue weighted by atomic mass is 9.94. The zero-order valence-electron chi connectivity index (χ0n) is 13.3. The molecule has 5 nitrogen and oxygen atoms in total. The Labute approximate surface area is 123 Å². The minimum Gasteiger partial charge on any atom is -0.383 e. The molecule has 2 atom stereocenters. The van der Waals surface area contributed by atoms with E-state index in [1.54, 1.807) is 14.2 Å². The van der Waals surface area contributed by atoms with Gasteiger partial charge >= 0.3 is 0 Å². The summed E-state index contributed by atoms with van der Waals surface area (Å²) in [6.45, 7) is 7.54. The van der Waals surface area contributed by atoms with Crippen LogP contribution in [0.15, 0.2) is 0 Å². The van der Waals surface area contributed by atoms with Gasteiger partial charge in [0.25, 0.3) is 0 Å². The summed E-state index contributed by atoms with van der Waals surface area (Å²) >= 11 is 0. The molecule has 2 N–H and O–H groups in total. The lowest BCUT2D eigenvalue weighted by molar-refractivity contribution is 0.0404. The van der Waals surface area contributed by atoms with E-state index in [0.29, 0.717) is 12.6 Å². The van der Waals surface area contributed by atoms with Crippen molar-refractivity contribution in [1.29, 1.82) is 0 Å². The maximum Gasteiger partial charge on any atom is 0.0589 e. The molecule has 0 aromatic rings. The molecule has 118 valence electrons. The summed E-state index contributed by atoms with van der Waals surface area (Å²) in [5, 5.41) is 0. The van der Waals surface area contributed by atoms with Gasteiger partial charge in [0, 0.05) is 58.0 Å². The van der Waals surface area contributed by atoms with Gasteiger partial charge in [-0.15, -0.1) is 0 Å². The summed E-state index contributed by atoms with van der Waals surface area (Å²) in [6.07, 6.45) is 3.88. The molecule has 1 aliphatic carbocycles. The zero-order chi connectivity index (χ0) is 14.6. The van der Waals surface area contributed by atoms with E-state index in [0.717, 1.165) is 45.3 Å². The smallest absolute Gasteiger partial charge is 0.0589 e. The average Bonchev–Trinajstić information content (AvgIpc) is 3.23. The van der Waals surface area contributed by atoms with Gasteiger partial charge in [0.1, 0.15) is 0 Å². The molecule has 0 aromatic heterocycles. The van der Waals surface area contributed by atoms with Gasteiger partial charge in [0.15, 0.2) is 0 Å². The summed E-state index contributed by atoms with van der Waals surface area (Å²) in [5.74, 6) is 0. The number of ether oxygens (including phenoxy) is 2. The highest BCUT2D eigenvalue weighted by Gasteiger charge is 2.48. The molecule has 2 rings (SSSR count). The van der Waals surface area contributed by atoms with Crippen LogP contribution < -0.4 is 5.73 Å². The van der Waals surface area contributed by atoms with Crippen LogP contribution in [0.25, 0.3) is 0 Å². The standard InChI is InChI=1S/C15H31N3O2/c1-13-10-15(11-16,12-18(13)14-4-5-14)17(6-8-19-2)7-9-20-3/h13-14H,4-12,16H2,1-3H3. The van der Waals surface area contributed by atoms with E-state index < -0.39 is 0 Å². The molecule has 2 aliphatic rings. The fraction of sp³-hybridized carbons (Fsp3) is 1.00. The molecule has 2 fully saturated rings. The first-order valence-electron chi connectivity index (χ1n) is 7.85. The van der Waals surface area contributed by atoms with Crippen LogP contribution in [0.3, 0.4) is 0 Å². The first-order chi connectivity index (χ1) is 9.66. The molecule has 2 unspecified atom stereocenters. The van der Waals surface area contributed by atoms with Crippen LogP contribution in [0.1, 0.15) is 26.2 Å². The number of hydrogen-bond donors (Lipinski definition) is 1. The molecule has 0 amide bonds. The van der Waals surface area contributed by atoms with Crippen molar-refractivity contribution in [1.82, 2.24) is 9.80 Å². The normalized spacial score (nSPS) is 31.4. The van der Waals surface area contributed by atoms with Crippen LogP contribution in [-0.2, 0) is 9.47 Å². The molecule has 1 heterocycles. The van der Waals surface area contributed by atoms with Gasteiger partial charge in [-0.3, -0.25) is 9.80 Å². The predicted octanol–water partition coefficient (Wildman–Crippen LogP) is 0.535. The topological polar surface area (TPSA) is 51.0 Å². The van der Waals surface area contributed by atoms with Crippen LogP contribution in [-0.4, -0.2) is 81.0 Å². The highest BCUT2D eigenvalue weighted by Crippen LogP contribution is 2.39. The van der Waals surface area contributed by atoms with E-state index in [4.69, 9.17) is 15.2 Å². The second kappa shape index (κ2) is 7.18. The highest BCUT2D eigenvalue weighted by molar-refractivity contribution is 5.06. The van der Waals surface area contributed by atoms with Crippen LogP contribution >= 0.6 is 0 Å². The SMILES string of the molecule is COCCN(CCOC)C1(CN)CC(C)N(C2CC2)C1. The lowest BCUT2D eigenvalue weighted by Gasteiger charge is -2.40. The third kappa shape index (κ3) is 3.52. The van der Waals surface area contributed by atoms with Crippen LogP contribution in [0.5, 0.6) is 0 Å². The number of methoxy groups -OCH3 is 2. The number of nitrogens with two attached hydrogens (primary N) is 1. The third-order valence-electron chi connectivity index (χ3n) is 4.92.